The maximum absolute atomic E-state index is 5.95. The molecule has 0 radical (unpaired) electrons. The molecule has 0 aromatic heterocycles. The standard InChI is InChI=1S/C14H23ClO2Si/c1-4-16-18(3,17-5-2)11-10-13-8-6-7-9-14(13)12-15/h6-9H,4-5,10-12H2,1-3H3. The Morgan fingerprint density at radius 3 is 2.11 bits per heavy atom. The van der Waals surface area contributed by atoms with Gasteiger partial charge in [-0.2, -0.15) is 0 Å². The monoisotopic (exact) mass is 286 g/mol. The van der Waals surface area contributed by atoms with Gasteiger partial charge in [0.1, 0.15) is 0 Å². The zero-order chi connectivity index (χ0) is 13.4. The highest BCUT2D eigenvalue weighted by atomic mass is 35.5. The molecule has 0 saturated carbocycles. The number of rotatable bonds is 8. The Morgan fingerprint density at radius 1 is 1.06 bits per heavy atom. The molecule has 0 unspecified atom stereocenters. The summed E-state index contributed by atoms with van der Waals surface area (Å²) in [5.74, 6) is 0.567. The summed E-state index contributed by atoms with van der Waals surface area (Å²) in [6, 6.07) is 9.30. The molecule has 102 valence electrons. The molecule has 0 spiro atoms. The van der Waals surface area contributed by atoms with Gasteiger partial charge in [0.15, 0.2) is 0 Å². The van der Waals surface area contributed by atoms with E-state index in [4.69, 9.17) is 20.5 Å². The van der Waals surface area contributed by atoms with Gasteiger partial charge in [-0.1, -0.05) is 24.3 Å². The fraction of sp³-hybridized carbons (Fsp3) is 0.571. The predicted octanol–water partition coefficient (Wildman–Crippen LogP) is 4.11. The van der Waals surface area contributed by atoms with Gasteiger partial charge >= 0.3 is 8.56 Å². The van der Waals surface area contributed by atoms with Crippen LogP contribution in [0.4, 0.5) is 0 Å². The molecular formula is C14H23ClO2Si. The lowest BCUT2D eigenvalue weighted by Crippen LogP contribution is -2.39. The van der Waals surface area contributed by atoms with E-state index in [9.17, 15) is 0 Å². The molecule has 0 N–H and O–H groups in total. The van der Waals surface area contributed by atoms with Gasteiger partial charge < -0.3 is 8.85 Å². The molecule has 1 aromatic carbocycles. The normalized spacial score (nSPS) is 11.8. The second-order valence-corrected chi connectivity index (χ2v) is 8.01. The van der Waals surface area contributed by atoms with Crippen molar-refractivity contribution in [1.29, 1.82) is 0 Å². The minimum absolute atomic E-state index is 0.567. The number of hydrogen-bond donors (Lipinski definition) is 0. The maximum Gasteiger partial charge on any atom is 0.335 e. The van der Waals surface area contributed by atoms with E-state index in [1.54, 1.807) is 0 Å². The summed E-state index contributed by atoms with van der Waals surface area (Å²) in [6.45, 7) is 7.64. The molecule has 0 aliphatic heterocycles. The maximum atomic E-state index is 5.95. The van der Waals surface area contributed by atoms with E-state index in [1.807, 2.05) is 19.9 Å². The second kappa shape index (κ2) is 7.95. The molecular weight excluding hydrogens is 264 g/mol. The fourth-order valence-electron chi connectivity index (χ4n) is 2.09. The van der Waals surface area contributed by atoms with Crippen LogP contribution in [-0.4, -0.2) is 21.8 Å². The molecule has 0 heterocycles. The smallest absolute Gasteiger partial charge is 0.335 e. The van der Waals surface area contributed by atoms with Crippen molar-refractivity contribution in [3.8, 4) is 0 Å². The minimum Gasteiger partial charge on any atom is -0.395 e. The first-order chi connectivity index (χ1) is 8.65. The van der Waals surface area contributed by atoms with E-state index < -0.39 is 8.56 Å². The molecule has 0 aliphatic rings. The Balaban J connectivity index is 2.66. The van der Waals surface area contributed by atoms with Crippen molar-refractivity contribution < 1.29 is 8.85 Å². The van der Waals surface area contributed by atoms with E-state index in [-0.39, 0.29) is 0 Å². The van der Waals surface area contributed by atoms with E-state index in [0.29, 0.717) is 5.88 Å². The van der Waals surface area contributed by atoms with Gasteiger partial charge in [-0.05, 0) is 44.0 Å². The Labute approximate surface area is 117 Å². The van der Waals surface area contributed by atoms with Crippen LogP contribution in [0.1, 0.15) is 25.0 Å². The Hall–Kier alpha value is -0.353. The molecule has 4 heteroatoms. The quantitative estimate of drug-likeness (QED) is 0.529. The number of aryl methyl sites for hydroxylation is 1. The van der Waals surface area contributed by atoms with Gasteiger partial charge in [0.05, 0.1) is 0 Å². The molecule has 2 nitrogen and oxygen atoms in total. The van der Waals surface area contributed by atoms with Crippen LogP contribution in [-0.2, 0) is 21.2 Å². The number of alkyl halides is 1. The number of hydrogen-bond acceptors (Lipinski definition) is 2. The summed E-state index contributed by atoms with van der Waals surface area (Å²) in [6.07, 6.45) is 0.978. The lowest BCUT2D eigenvalue weighted by molar-refractivity contribution is 0.189. The van der Waals surface area contributed by atoms with Gasteiger partial charge in [0.25, 0.3) is 0 Å². The molecule has 18 heavy (non-hydrogen) atoms. The molecule has 0 saturated heterocycles. The summed E-state index contributed by atoms with van der Waals surface area (Å²) in [7, 11) is -2.01. The first kappa shape index (κ1) is 15.7. The molecule has 0 fully saturated rings. The second-order valence-electron chi connectivity index (χ2n) is 4.40. The van der Waals surface area contributed by atoms with Crippen molar-refractivity contribution in [2.45, 2.75) is 38.7 Å². The van der Waals surface area contributed by atoms with Crippen molar-refractivity contribution in [2.75, 3.05) is 13.2 Å². The third kappa shape index (κ3) is 4.73. The van der Waals surface area contributed by atoms with Gasteiger partial charge in [-0.15, -0.1) is 11.6 Å². The van der Waals surface area contributed by atoms with Crippen LogP contribution in [0.3, 0.4) is 0 Å². The van der Waals surface area contributed by atoms with Crippen LogP contribution in [0.2, 0.25) is 12.6 Å². The summed E-state index contributed by atoms with van der Waals surface area (Å²) < 4.78 is 11.7. The van der Waals surface area contributed by atoms with Crippen molar-refractivity contribution in [3.05, 3.63) is 35.4 Å². The average molecular weight is 287 g/mol. The van der Waals surface area contributed by atoms with Crippen LogP contribution < -0.4 is 0 Å². The number of benzene rings is 1. The first-order valence-electron chi connectivity index (χ1n) is 6.56. The largest absolute Gasteiger partial charge is 0.395 e. The van der Waals surface area contributed by atoms with Crippen LogP contribution in [0.5, 0.6) is 0 Å². The van der Waals surface area contributed by atoms with E-state index in [0.717, 1.165) is 25.7 Å². The van der Waals surface area contributed by atoms with Crippen LogP contribution in [0.25, 0.3) is 0 Å². The molecule has 1 aromatic rings. The summed E-state index contributed by atoms with van der Waals surface area (Å²) in [4.78, 5) is 0. The first-order valence-corrected chi connectivity index (χ1v) is 9.61. The zero-order valence-electron chi connectivity index (χ0n) is 11.5. The van der Waals surface area contributed by atoms with E-state index in [1.165, 1.54) is 11.1 Å². The van der Waals surface area contributed by atoms with Gasteiger partial charge in [0.2, 0.25) is 0 Å². The molecule has 0 atom stereocenters. The SMILES string of the molecule is CCO[Si](C)(CCc1ccccc1CCl)OCC. The third-order valence-electron chi connectivity index (χ3n) is 3.01. The van der Waals surface area contributed by atoms with Crippen LogP contribution in [0, 0.1) is 0 Å². The summed E-state index contributed by atoms with van der Waals surface area (Å²) in [5.41, 5.74) is 2.52. The average Bonchev–Trinajstić information content (AvgIpc) is 2.37. The van der Waals surface area contributed by atoms with Crippen LogP contribution >= 0.6 is 11.6 Å². The van der Waals surface area contributed by atoms with Gasteiger partial charge in [-0.3, -0.25) is 0 Å². The summed E-state index contributed by atoms with van der Waals surface area (Å²) >= 11 is 5.95. The Morgan fingerprint density at radius 2 is 1.61 bits per heavy atom. The summed E-state index contributed by atoms with van der Waals surface area (Å²) in [5, 5.41) is 0. The predicted molar refractivity (Wildman–Crippen MR) is 79.4 cm³/mol. The van der Waals surface area contributed by atoms with Gasteiger partial charge in [0, 0.05) is 19.1 Å². The fourth-order valence-corrected chi connectivity index (χ4v) is 4.67. The highest BCUT2D eigenvalue weighted by molar-refractivity contribution is 6.66. The van der Waals surface area contributed by atoms with Crippen molar-refractivity contribution >= 4 is 20.2 Å². The minimum atomic E-state index is -2.01. The van der Waals surface area contributed by atoms with E-state index >= 15 is 0 Å². The van der Waals surface area contributed by atoms with E-state index in [2.05, 4.69) is 24.7 Å². The van der Waals surface area contributed by atoms with Crippen molar-refractivity contribution in [1.82, 2.24) is 0 Å². The highest BCUT2D eigenvalue weighted by Gasteiger charge is 2.30. The third-order valence-corrected chi connectivity index (χ3v) is 6.25. The lowest BCUT2D eigenvalue weighted by Gasteiger charge is -2.26. The zero-order valence-corrected chi connectivity index (χ0v) is 13.3. The van der Waals surface area contributed by atoms with Gasteiger partial charge in [-0.25, -0.2) is 0 Å². The highest BCUT2D eigenvalue weighted by Crippen LogP contribution is 2.20. The molecule has 1 rings (SSSR count). The van der Waals surface area contributed by atoms with Crippen LogP contribution in [0.15, 0.2) is 24.3 Å². The van der Waals surface area contributed by atoms with Crippen molar-refractivity contribution in [3.63, 3.8) is 0 Å². The molecule has 0 amide bonds. The molecule has 0 bridgehead atoms. The Bertz CT molecular complexity index is 351. The lowest BCUT2D eigenvalue weighted by atomic mass is 10.1. The molecule has 0 aliphatic carbocycles. The Kier molecular flexibility index (Phi) is 6.93. The van der Waals surface area contributed by atoms with Crippen molar-refractivity contribution in [2.24, 2.45) is 0 Å². The number of halogens is 1. The topological polar surface area (TPSA) is 18.5 Å².